The monoisotopic (exact) mass is 388 g/mol. The maximum Gasteiger partial charge on any atom is 0.246 e. The second-order valence-corrected chi connectivity index (χ2v) is 7.58. The van der Waals surface area contributed by atoms with Crippen LogP contribution in [0.2, 0.25) is 10.0 Å². The highest BCUT2D eigenvalue weighted by Gasteiger charge is 2.38. The van der Waals surface area contributed by atoms with Gasteiger partial charge in [-0.1, -0.05) is 29.3 Å². The van der Waals surface area contributed by atoms with E-state index in [1.54, 1.807) is 13.2 Å². The molecule has 0 bridgehead atoms. The minimum atomic E-state index is -3.78. The maximum absolute atomic E-state index is 12.9. The summed E-state index contributed by atoms with van der Waals surface area (Å²) in [4.78, 5) is -0.0531. The van der Waals surface area contributed by atoms with E-state index >= 15 is 0 Å². The van der Waals surface area contributed by atoms with E-state index in [9.17, 15) is 8.42 Å². The zero-order valence-electron chi connectivity index (χ0n) is 12.0. The van der Waals surface area contributed by atoms with Crippen LogP contribution in [0, 0.1) is 0 Å². The summed E-state index contributed by atoms with van der Waals surface area (Å²) in [5.74, 6) is 0. The number of hydrogen-bond donors (Lipinski definition) is 1. The normalized spacial score (nSPS) is 23.1. The summed E-state index contributed by atoms with van der Waals surface area (Å²) in [6.07, 6.45) is 1.20. The first-order valence-corrected chi connectivity index (χ1v) is 8.80. The van der Waals surface area contributed by atoms with Crippen LogP contribution in [-0.4, -0.2) is 45.1 Å². The van der Waals surface area contributed by atoms with Gasteiger partial charge in [-0.05, 0) is 25.0 Å². The zero-order chi connectivity index (χ0) is 15.6. The van der Waals surface area contributed by atoms with Crippen molar-refractivity contribution >= 4 is 45.6 Å². The van der Waals surface area contributed by atoms with Crippen molar-refractivity contribution in [1.82, 2.24) is 4.31 Å². The SMILES string of the molecule is COC1CCN(S(=O)(=O)c2c(Cl)cccc2Cl)C(CN)C1.Cl. The topological polar surface area (TPSA) is 72.6 Å². The van der Waals surface area contributed by atoms with Crippen LogP contribution in [0.1, 0.15) is 12.8 Å². The minimum absolute atomic E-state index is 0. The van der Waals surface area contributed by atoms with Crippen LogP contribution < -0.4 is 5.73 Å². The number of sulfonamides is 1. The molecule has 1 saturated heterocycles. The lowest BCUT2D eigenvalue weighted by Crippen LogP contribution is -2.51. The van der Waals surface area contributed by atoms with E-state index in [4.69, 9.17) is 33.7 Å². The second kappa shape index (κ2) is 8.15. The van der Waals surface area contributed by atoms with Gasteiger partial charge in [-0.25, -0.2) is 8.42 Å². The van der Waals surface area contributed by atoms with Crippen LogP contribution in [0.15, 0.2) is 23.1 Å². The molecule has 2 atom stereocenters. The van der Waals surface area contributed by atoms with Gasteiger partial charge in [-0.2, -0.15) is 4.31 Å². The fraction of sp³-hybridized carbons (Fsp3) is 0.538. The molecule has 5 nitrogen and oxygen atoms in total. The third-order valence-electron chi connectivity index (χ3n) is 3.70. The molecule has 2 N–H and O–H groups in total. The molecule has 1 aromatic rings. The van der Waals surface area contributed by atoms with Crippen molar-refractivity contribution in [3.63, 3.8) is 0 Å². The lowest BCUT2D eigenvalue weighted by atomic mass is 10.0. The van der Waals surface area contributed by atoms with Gasteiger partial charge in [0.05, 0.1) is 16.1 Å². The van der Waals surface area contributed by atoms with Crippen molar-refractivity contribution in [1.29, 1.82) is 0 Å². The molecule has 1 aromatic carbocycles. The van der Waals surface area contributed by atoms with Gasteiger partial charge in [0.15, 0.2) is 0 Å². The number of halogens is 3. The number of nitrogens with two attached hydrogens (primary N) is 1. The second-order valence-electron chi connectivity index (χ2n) is 4.94. The van der Waals surface area contributed by atoms with Crippen LogP contribution in [0.3, 0.4) is 0 Å². The average molecular weight is 390 g/mol. The number of methoxy groups -OCH3 is 1. The van der Waals surface area contributed by atoms with Gasteiger partial charge in [-0.3, -0.25) is 0 Å². The maximum atomic E-state index is 12.9. The molecule has 1 heterocycles. The summed E-state index contributed by atoms with van der Waals surface area (Å²) in [5, 5.41) is 0.235. The highest BCUT2D eigenvalue weighted by atomic mass is 35.5. The molecular weight excluding hydrogens is 371 g/mol. The van der Waals surface area contributed by atoms with Gasteiger partial charge < -0.3 is 10.5 Å². The van der Waals surface area contributed by atoms with E-state index in [1.807, 2.05) is 0 Å². The van der Waals surface area contributed by atoms with Crippen molar-refractivity contribution in [3.8, 4) is 0 Å². The fourth-order valence-electron chi connectivity index (χ4n) is 2.58. The molecule has 2 unspecified atom stereocenters. The van der Waals surface area contributed by atoms with Crippen LogP contribution in [0.25, 0.3) is 0 Å². The third kappa shape index (κ3) is 3.87. The Morgan fingerprint density at radius 3 is 2.45 bits per heavy atom. The molecule has 0 amide bonds. The minimum Gasteiger partial charge on any atom is -0.381 e. The lowest BCUT2D eigenvalue weighted by Gasteiger charge is -2.37. The molecule has 0 aliphatic carbocycles. The molecule has 0 spiro atoms. The van der Waals surface area contributed by atoms with Gasteiger partial charge in [0.25, 0.3) is 0 Å². The zero-order valence-corrected chi connectivity index (χ0v) is 15.2. The summed E-state index contributed by atoms with van der Waals surface area (Å²) >= 11 is 12.1. The summed E-state index contributed by atoms with van der Waals surface area (Å²) in [6.45, 7) is 0.561. The summed E-state index contributed by atoms with van der Waals surface area (Å²) < 4.78 is 32.4. The van der Waals surface area contributed by atoms with Crippen LogP contribution >= 0.6 is 35.6 Å². The molecule has 22 heavy (non-hydrogen) atoms. The highest BCUT2D eigenvalue weighted by Crippen LogP contribution is 2.34. The molecule has 0 saturated carbocycles. The lowest BCUT2D eigenvalue weighted by molar-refractivity contribution is 0.0401. The molecule has 9 heteroatoms. The van der Waals surface area contributed by atoms with Gasteiger partial charge in [0.2, 0.25) is 10.0 Å². The number of nitrogens with zero attached hydrogens (tertiary/aromatic N) is 1. The molecule has 1 fully saturated rings. The van der Waals surface area contributed by atoms with Gasteiger partial charge >= 0.3 is 0 Å². The number of benzene rings is 1. The van der Waals surface area contributed by atoms with E-state index in [0.717, 1.165) is 0 Å². The van der Waals surface area contributed by atoms with Crippen LogP contribution in [0.5, 0.6) is 0 Å². The fourth-order valence-corrected chi connectivity index (χ4v) is 5.34. The molecule has 0 radical (unpaired) electrons. The molecule has 0 aromatic heterocycles. The van der Waals surface area contributed by atoms with Crippen LogP contribution in [0.4, 0.5) is 0 Å². The standard InChI is InChI=1S/C13H18Cl2N2O3S.ClH/c1-20-10-5-6-17(9(7-10)8-16)21(18,19)13-11(14)3-2-4-12(13)15;/h2-4,9-10H,5-8,16H2,1H3;1H. The number of rotatable bonds is 4. The molecule has 1 aliphatic heterocycles. The molecule has 2 rings (SSSR count). The average Bonchev–Trinajstić information content (AvgIpc) is 2.46. The van der Waals surface area contributed by atoms with Crippen molar-refractivity contribution < 1.29 is 13.2 Å². The Morgan fingerprint density at radius 2 is 1.95 bits per heavy atom. The first-order chi connectivity index (χ1) is 9.91. The van der Waals surface area contributed by atoms with Gasteiger partial charge in [-0.15, -0.1) is 12.4 Å². The summed E-state index contributed by atoms with van der Waals surface area (Å²) in [7, 11) is -2.16. The van der Waals surface area contributed by atoms with Gasteiger partial charge in [0, 0.05) is 26.2 Å². The Kier molecular flexibility index (Phi) is 7.39. The summed E-state index contributed by atoms with van der Waals surface area (Å²) in [6, 6.07) is 4.32. The summed E-state index contributed by atoms with van der Waals surface area (Å²) in [5.41, 5.74) is 5.73. The predicted molar refractivity (Wildman–Crippen MR) is 90.5 cm³/mol. The van der Waals surface area contributed by atoms with E-state index < -0.39 is 10.0 Å². The first kappa shape index (κ1) is 20.0. The highest BCUT2D eigenvalue weighted by molar-refractivity contribution is 7.89. The smallest absolute Gasteiger partial charge is 0.246 e. The number of hydrogen-bond acceptors (Lipinski definition) is 4. The largest absolute Gasteiger partial charge is 0.381 e. The van der Waals surface area contributed by atoms with Gasteiger partial charge in [0.1, 0.15) is 4.90 Å². The van der Waals surface area contributed by atoms with E-state index in [0.29, 0.717) is 19.4 Å². The predicted octanol–water partition coefficient (Wildman–Crippen LogP) is 2.54. The van der Waals surface area contributed by atoms with E-state index in [1.165, 1.54) is 16.4 Å². The molecule has 126 valence electrons. The number of piperidine rings is 1. The molecular formula is C13H19Cl3N2O3S. The Hall–Kier alpha value is -0.0800. The Balaban J connectivity index is 0.00000242. The van der Waals surface area contributed by atoms with Crippen molar-refractivity contribution in [2.24, 2.45) is 5.73 Å². The Bertz CT molecular complexity index is 592. The first-order valence-electron chi connectivity index (χ1n) is 6.60. The third-order valence-corrected chi connectivity index (χ3v) is 6.61. The van der Waals surface area contributed by atoms with Crippen molar-refractivity contribution in [2.45, 2.75) is 29.9 Å². The van der Waals surface area contributed by atoms with E-state index in [2.05, 4.69) is 0 Å². The van der Waals surface area contributed by atoms with E-state index in [-0.39, 0.29) is 46.0 Å². The Morgan fingerprint density at radius 1 is 1.36 bits per heavy atom. The number of ether oxygens (including phenoxy) is 1. The quantitative estimate of drug-likeness (QED) is 0.859. The van der Waals surface area contributed by atoms with Crippen LogP contribution in [-0.2, 0) is 14.8 Å². The van der Waals surface area contributed by atoms with Crippen molar-refractivity contribution in [3.05, 3.63) is 28.2 Å². The Labute approximate surface area is 147 Å². The van der Waals surface area contributed by atoms with Crippen molar-refractivity contribution in [2.75, 3.05) is 20.2 Å². The molecule has 1 aliphatic rings.